The minimum Gasteiger partial charge on any atom is -0.467 e. The number of furan rings is 1. The van der Waals surface area contributed by atoms with Crippen LogP contribution in [0.3, 0.4) is 0 Å². The van der Waals surface area contributed by atoms with Crippen molar-refractivity contribution in [3.05, 3.63) is 24.2 Å². The van der Waals surface area contributed by atoms with Crippen LogP contribution in [0.25, 0.3) is 0 Å². The summed E-state index contributed by atoms with van der Waals surface area (Å²) in [5.74, 6) is 1.07. The number of hydrogen-bond donors (Lipinski definition) is 1. The van der Waals surface area contributed by atoms with Crippen molar-refractivity contribution in [2.24, 2.45) is 5.41 Å². The van der Waals surface area contributed by atoms with Gasteiger partial charge >= 0.3 is 6.03 Å². The number of amides is 3. The zero-order valence-electron chi connectivity index (χ0n) is 16.2. The number of urea groups is 1. The highest BCUT2D eigenvalue weighted by atomic mass is 16.3. The molecule has 148 valence electrons. The number of nitrogens with one attached hydrogen (secondary N) is 1. The number of nitrogens with zero attached hydrogens (tertiary/aromatic N) is 3. The molecule has 0 aromatic carbocycles. The molecule has 27 heavy (non-hydrogen) atoms. The SMILES string of the molecule is CN1CC2(CCN(C(=O)NCc3ccco3)CC2)CC1C(=O)N1CCCC1. The van der Waals surface area contributed by atoms with Crippen molar-refractivity contribution >= 4 is 11.9 Å². The molecule has 1 unspecified atom stereocenters. The van der Waals surface area contributed by atoms with Crippen LogP contribution in [0.5, 0.6) is 0 Å². The number of carbonyl (C=O) groups is 2. The lowest BCUT2D eigenvalue weighted by Gasteiger charge is -2.39. The Morgan fingerprint density at radius 1 is 1.19 bits per heavy atom. The molecule has 0 bridgehead atoms. The van der Waals surface area contributed by atoms with E-state index in [1.807, 2.05) is 21.9 Å². The fraction of sp³-hybridized carbons (Fsp3) is 0.700. The fourth-order valence-corrected chi connectivity index (χ4v) is 4.93. The van der Waals surface area contributed by atoms with Gasteiger partial charge in [0.05, 0.1) is 18.8 Å². The van der Waals surface area contributed by atoms with Gasteiger partial charge in [-0.15, -0.1) is 0 Å². The van der Waals surface area contributed by atoms with Crippen LogP contribution >= 0.6 is 0 Å². The van der Waals surface area contributed by atoms with E-state index in [1.54, 1.807) is 6.26 Å². The molecule has 4 heterocycles. The first-order chi connectivity index (χ1) is 13.1. The average Bonchev–Trinajstić information content (AvgIpc) is 3.42. The summed E-state index contributed by atoms with van der Waals surface area (Å²) in [4.78, 5) is 31.4. The Bertz CT molecular complexity index is 661. The van der Waals surface area contributed by atoms with E-state index < -0.39 is 0 Å². The van der Waals surface area contributed by atoms with Crippen molar-refractivity contribution in [2.75, 3.05) is 39.8 Å². The molecule has 3 aliphatic rings. The van der Waals surface area contributed by atoms with Gasteiger partial charge in [0.1, 0.15) is 5.76 Å². The quantitative estimate of drug-likeness (QED) is 0.877. The van der Waals surface area contributed by atoms with Gasteiger partial charge in [0.15, 0.2) is 0 Å². The molecule has 4 rings (SSSR count). The predicted octanol–water partition coefficient (Wildman–Crippen LogP) is 1.90. The molecule has 1 N–H and O–H groups in total. The van der Waals surface area contributed by atoms with E-state index in [2.05, 4.69) is 17.3 Å². The Morgan fingerprint density at radius 3 is 2.59 bits per heavy atom. The topological polar surface area (TPSA) is 69.0 Å². The van der Waals surface area contributed by atoms with Crippen LogP contribution < -0.4 is 5.32 Å². The van der Waals surface area contributed by atoms with Crippen molar-refractivity contribution in [3.63, 3.8) is 0 Å². The van der Waals surface area contributed by atoms with E-state index in [1.165, 1.54) is 0 Å². The normalized spacial score (nSPS) is 25.3. The van der Waals surface area contributed by atoms with E-state index in [0.717, 1.165) is 70.6 Å². The van der Waals surface area contributed by atoms with E-state index in [9.17, 15) is 9.59 Å². The highest BCUT2D eigenvalue weighted by Crippen LogP contribution is 2.43. The maximum Gasteiger partial charge on any atom is 0.317 e. The van der Waals surface area contributed by atoms with Crippen LogP contribution in [0.1, 0.15) is 37.9 Å². The second kappa shape index (κ2) is 7.54. The summed E-state index contributed by atoms with van der Waals surface area (Å²) in [7, 11) is 2.08. The maximum absolute atomic E-state index is 12.9. The first-order valence-electron chi connectivity index (χ1n) is 10.1. The Hall–Kier alpha value is -2.02. The molecule has 1 aromatic rings. The standard InChI is InChI=1S/C20H30N4O3/c1-22-15-20(13-17(22)18(25)23-8-2-3-9-23)6-10-24(11-7-20)19(26)21-14-16-5-4-12-27-16/h4-5,12,17H,2-3,6-11,13-15H2,1H3,(H,21,26). The summed E-state index contributed by atoms with van der Waals surface area (Å²) >= 11 is 0. The average molecular weight is 374 g/mol. The third kappa shape index (κ3) is 3.83. The van der Waals surface area contributed by atoms with E-state index >= 15 is 0 Å². The second-order valence-electron chi connectivity index (χ2n) is 8.39. The van der Waals surface area contributed by atoms with Crippen LogP contribution in [-0.2, 0) is 11.3 Å². The summed E-state index contributed by atoms with van der Waals surface area (Å²) in [6.45, 7) is 4.71. The van der Waals surface area contributed by atoms with Crippen LogP contribution in [0.15, 0.2) is 22.8 Å². The van der Waals surface area contributed by atoms with Gasteiger partial charge in [-0.25, -0.2) is 4.79 Å². The van der Waals surface area contributed by atoms with Crippen molar-refractivity contribution in [1.29, 1.82) is 0 Å². The Balaban J connectivity index is 1.29. The number of likely N-dealkylation sites (N-methyl/N-ethyl adjacent to an activating group) is 1. The Labute approximate surface area is 160 Å². The number of carbonyl (C=O) groups excluding carboxylic acids is 2. The highest BCUT2D eigenvalue weighted by Gasteiger charge is 2.48. The van der Waals surface area contributed by atoms with Crippen LogP contribution in [0.4, 0.5) is 4.79 Å². The van der Waals surface area contributed by atoms with Gasteiger partial charge < -0.3 is 19.5 Å². The molecule has 3 amide bonds. The van der Waals surface area contributed by atoms with E-state index in [-0.39, 0.29) is 17.5 Å². The molecular formula is C20H30N4O3. The van der Waals surface area contributed by atoms with Crippen LogP contribution in [-0.4, -0.2) is 72.5 Å². The van der Waals surface area contributed by atoms with Crippen molar-refractivity contribution in [3.8, 4) is 0 Å². The molecule has 0 saturated carbocycles. The van der Waals surface area contributed by atoms with E-state index in [4.69, 9.17) is 4.42 Å². The minimum atomic E-state index is -0.0303. The predicted molar refractivity (Wildman–Crippen MR) is 101 cm³/mol. The maximum atomic E-state index is 12.9. The second-order valence-corrected chi connectivity index (χ2v) is 8.39. The smallest absolute Gasteiger partial charge is 0.317 e. The van der Waals surface area contributed by atoms with Crippen molar-refractivity contribution in [2.45, 2.75) is 44.7 Å². The molecular weight excluding hydrogens is 344 g/mol. The summed E-state index contributed by atoms with van der Waals surface area (Å²) in [5, 5.41) is 2.93. The van der Waals surface area contributed by atoms with Gasteiger partial charge in [-0.2, -0.15) is 0 Å². The monoisotopic (exact) mass is 374 g/mol. The van der Waals surface area contributed by atoms with Gasteiger partial charge in [0, 0.05) is 32.7 Å². The third-order valence-electron chi connectivity index (χ3n) is 6.55. The molecule has 0 radical (unpaired) electrons. The first-order valence-corrected chi connectivity index (χ1v) is 10.1. The van der Waals surface area contributed by atoms with Gasteiger partial charge in [-0.3, -0.25) is 9.69 Å². The zero-order valence-corrected chi connectivity index (χ0v) is 16.2. The summed E-state index contributed by atoms with van der Waals surface area (Å²) < 4.78 is 5.26. The lowest BCUT2D eigenvalue weighted by atomic mass is 9.76. The van der Waals surface area contributed by atoms with Gasteiger partial charge in [0.2, 0.25) is 5.91 Å². The van der Waals surface area contributed by atoms with Gasteiger partial charge in [0.25, 0.3) is 0 Å². The molecule has 7 nitrogen and oxygen atoms in total. The van der Waals surface area contributed by atoms with Crippen LogP contribution in [0.2, 0.25) is 0 Å². The van der Waals surface area contributed by atoms with E-state index in [0.29, 0.717) is 12.5 Å². The number of likely N-dealkylation sites (tertiary alicyclic amines) is 3. The van der Waals surface area contributed by atoms with Gasteiger partial charge in [-0.05, 0) is 56.7 Å². The molecule has 7 heteroatoms. The zero-order chi connectivity index (χ0) is 18.9. The van der Waals surface area contributed by atoms with Crippen molar-refractivity contribution < 1.29 is 14.0 Å². The molecule has 3 aliphatic heterocycles. The molecule has 1 aromatic heterocycles. The third-order valence-corrected chi connectivity index (χ3v) is 6.55. The minimum absolute atomic E-state index is 0.0161. The summed E-state index contributed by atoms with van der Waals surface area (Å²) in [6, 6.07) is 3.67. The van der Waals surface area contributed by atoms with Crippen molar-refractivity contribution in [1.82, 2.24) is 20.0 Å². The fourth-order valence-electron chi connectivity index (χ4n) is 4.93. The lowest BCUT2D eigenvalue weighted by molar-refractivity contribution is -0.134. The number of hydrogen-bond acceptors (Lipinski definition) is 4. The number of piperidine rings is 1. The Kier molecular flexibility index (Phi) is 5.12. The van der Waals surface area contributed by atoms with Gasteiger partial charge in [-0.1, -0.05) is 0 Å². The molecule has 3 saturated heterocycles. The van der Waals surface area contributed by atoms with Crippen LogP contribution in [0, 0.1) is 5.41 Å². The molecule has 1 spiro atoms. The largest absolute Gasteiger partial charge is 0.467 e. The summed E-state index contributed by atoms with van der Waals surface area (Å²) in [5.41, 5.74) is 0.173. The molecule has 1 atom stereocenters. The Morgan fingerprint density at radius 2 is 1.93 bits per heavy atom. The number of rotatable bonds is 3. The molecule has 0 aliphatic carbocycles. The summed E-state index contributed by atoms with van der Waals surface area (Å²) in [6.07, 6.45) is 6.75. The molecule has 3 fully saturated rings. The lowest BCUT2D eigenvalue weighted by Crippen LogP contribution is -2.47. The first kappa shape index (κ1) is 18.3. The highest BCUT2D eigenvalue weighted by molar-refractivity contribution is 5.82.